The summed E-state index contributed by atoms with van der Waals surface area (Å²) in [6.07, 6.45) is 2.36. The largest absolute Gasteiger partial charge is 0.375 e. The monoisotopic (exact) mass is 281 g/mol. The molecule has 1 aromatic rings. The molecule has 1 atom stereocenters. The topological polar surface area (TPSA) is 28.6 Å². The molecule has 0 radical (unpaired) electrons. The Kier molecular flexibility index (Phi) is 5.07. The van der Waals surface area contributed by atoms with Crippen LogP contribution in [0.2, 0.25) is 0 Å². The average molecular weight is 281 g/mol. The zero-order chi connectivity index (χ0) is 13.8. The van der Waals surface area contributed by atoms with Crippen molar-refractivity contribution in [2.75, 3.05) is 44.9 Å². The van der Waals surface area contributed by atoms with Crippen molar-refractivity contribution in [3.05, 3.63) is 17.8 Å². The van der Waals surface area contributed by atoms with Gasteiger partial charge < -0.3 is 14.5 Å². The van der Waals surface area contributed by atoms with Gasteiger partial charge in [0.25, 0.3) is 0 Å². The highest BCUT2D eigenvalue weighted by molar-refractivity contribution is 7.98. The van der Waals surface area contributed by atoms with E-state index < -0.39 is 0 Å². The number of morpholine rings is 1. The lowest BCUT2D eigenvalue weighted by atomic mass is 10.2. The molecule has 0 aromatic carbocycles. The van der Waals surface area contributed by atoms with Crippen LogP contribution in [0.15, 0.2) is 17.2 Å². The molecule has 5 heteroatoms. The summed E-state index contributed by atoms with van der Waals surface area (Å²) in [5, 5.41) is 1.09. The van der Waals surface area contributed by atoms with Crippen LogP contribution in [0.5, 0.6) is 0 Å². The Labute approximate surface area is 120 Å². The summed E-state index contributed by atoms with van der Waals surface area (Å²) >= 11 is 1.69. The predicted molar refractivity (Wildman–Crippen MR) is 81.0 cm³/mol. The third-order valence-electron chi connectivity index (χ3n) is 3.18. The van der Waals surface area contributed by atoms with E-state index in [1.807, 2.05) is 0 Å². The van der Waals surface area contributed by atoms with E-state index >= 15 is 0 Å². The highest BCUT2D eigenvalue weighted by atomic mass is 32.2. The van der Waals surface area contributed by atoms with Crippen LogP contribution in [0.4, 0.5) is 5.69 Å². The van der Waals surface area contributed by atoms with Crippen LogP contribution in [0.25, 0.3) is 0 Å². The zero-order valence-corrected chi connectivity index (χ0v) is 13.0. The SMILES string of the molecule is CSc1ccc(N2CCO[C@H](C)C2)c(CN(C)C)n1. The molecule has 1 saturated heterocycles. The first kappa shape index (κ1) is 14.6. The van der Waals surface area contributed by atoms with E-state index in [1.54, 1.807) is 11.8 Å². The molecule has 2 heterocycles. The third kappa shape index (κ3) is 3.84. The Morgan fingerprint density at radius 3 is 2.89 bits per heavy atom. The molecule has 1 aliphatic rings. The minimum Gasteiger partial charge on any atom is -0.375 e. The molecule has 0 saturated carbocycles. The van der Waals surface area contributed by atoms with Gasteiger partial charge >= 0.3 is 0 Å². The van der Waals surface area contributed by atoms with Crippen LogP contribution >= 0.6 is 11.8 Å². The van der Waals surface area contributed by atoms with Crippen LogP contribution in [0, 0.1) is 0 Å². The molecule has 1 aliphatic heterocycles. The average Bonchev–Trinajstić information content (AvgIpc) is 2.38. The predicted octanol–water partition coefficient (Wildman–Crippen LogP) is 2.09. The van der Waals surface area contributed by atoms with E-state index in [0.717, 1.165) is 37.0 Å². The number of nitrogens with zero attached hydrogens (tertiary/aromatic N) is 3. The summed E-state index contributed by atoms with van der Waals surface area (Å²) < 4.78 is 5.62. The maximum atomic E-state index is 5.62. The molecule has 0 aliphatic carbocycles. The van der Waals surface area contributed by atoms with Crippen molar-refractivity contribution < 1.29 is 4.74 Å². The molecule has 2 rings (SSSR count). The van der Waals surface area contributed by atoms with Crippen molar-refractivity contribution >= 4 is 17.4 Å². The van der Waals surface area contributed by atoms with Gasteiger partial charge in [0.05, 0.1) is 29.1 Å². The second-order valence-electron chi connectivity index (χ2n) is 5.18. The fraction of sp³-hybridized carbons (Fsp3) is 0.643. The van der Waals surface area contributed by atoms with Gasteiger partial charge in [0.2, 0.25) is 0 Å². The zero-order valence-electron chi connectivity index (χ0n) is 12.2. The highest BCUT2D eigenvalue weighted by Gasteiger charge is 2.20. The Bertz CT molecular complexity index is 425. The van der Waals surface area contributed by atoms with Gasteiger partial charge in [-0.2, -0.15) is 0 Å². The van der Waals surface area contributed by atoms with Crippen LogP contribution in [-0.4, -0.2) is 56.0 Å². The maximum absolute atomic E-state index is 5.62. The second-order valence-corrected chi connectivity index (χ2v) is 6.01. The van der Waals surface area contributed by atoms with Crippen LogP contribution in [-0.2, 0) is 11.3 Å². The Morgan fingerprint density at radius 2 is 2.26 bits per heavy atom. The van der Waals surface area contributed by atoms with Crippen molar-refractivity contribution in [2.45, 2.75) is 24.6 Å². The van der Waals surface area contributed by atoms with Gasteiger partial charge in [-0.25, -0.2) is 4.98 Å². The summed E-state index contributed by atoms with van der Waals surface area (Å²) in [4.78, 5) is 9.33. The Balaban J connectivity index is 2.26. The van der Waals surface area contributed by atoms with Crippen LogP contribution in [0.1, 0.15) is 12.6 Å². The molecule has 106 valence electrons. The summed E-state index contributed by atoms with van der Waals surface area (Å²) in [6.45, 7) is 5.69. The van der Waals surface area contributed by atoms with Gasteiger partial charge in [0.15, 0.2) is 0 Å². The van der Waals surface area contributed by atoms with Gasteiger partial charge in [-0.05, 0) is 39.4 Å². The minimum atomic E-state index is 0.293. The van der Waals surface area contributed by atoms with Crippen molar-refractivity contribution in [1.82, 2.24) is 9.88 Å². The number of aromatic nitrogens is 1. The summed E-state index contributed by atoms with van der Waals surface area (Å²) in [7, 11) is 4.17. The summed E-state index contributed by atoms with van der Waals surface area (Å²) in [5.74, 6) is 0. The Morgan fingerprint density at radius 1 is 1.47 bits per heavy atom. The van der Waals surface area contributed by atoms with E-state index in [4.69, 9.17) is 9.72 Å². The highest BCUT2D eigenvalue weighted by Crippen LogP contribution is 2.25. The minimum absolute atomic E-state index is 0.293. The van der Waals surface area contributed by atoms with Crippen molar-refractivity contribution in [1.29, 1.82) is 0 Å². The lowest BCUT2D eigenvalue weighted by Gasteiger charge is -2.34. The second kappa shape index (κ2) is 6.59. The molecule has 0 bridgehead atoms. The smallest absolute Gasteiger partial charge is 0.0962 e. The molecular weight excluding hydrogens is 258 g/mol. The van der Waals surface area contributed by atoms with Gasteiger partial charge in [-0.3, -0.25) is 0 Å². The molecule has 0 spiro atoms. The van der Waals surface area contributed by atoms with Crippen molar-refractivity contribution in [2.24, 2.45) is 0 Å². The molecule has 19 heavy (non-hydrogen) atoms. The number of anilines is 1. The fourth-order valence-corrected chi connectivity index (χ4v) is 2.73. The standard InChI is InChI=1S/C14H23N3OS/c1-11-9-17(7-8-18-11)13-5-6-14(19-4)15-12(13)10-16(2)3/h5-6,11H,7-10H2,1-4H3/t11-/m1/s1. The number of hydrogen-bond acceptors (Lipinski definition) is 5. The lowest BCUT2D eigenvalue weighted by Crippen LogP contribution is -2.41. The first-order valence-corrected chi connectivity index (χ1v) is 7.88. The number of rotatable bonds is 4. The molecule has 0 N–H and O–H groups in total. The number of ether oxygens (including phenoxy) is 1. The third-order valence-corrected chi connectivity index (χ3v) is 3.83. The van der Waals surface area contributed by atoms with E-state index in [0.29, 0.717) is 6.10 Å². The van der Waals surface area contributed by atoms with Crippen LogP contribution in [0.3, 0.4) is 0 Å². The summed E-state index contributed by atoms with van der Waals surface area (Å²) in [5.41, 5.74) is 2.41. The van der Waals surface area contributed by atoms with E-state index in [1.165, 1.54) is 5.69 Å². The Hall–Kier alpha value is -0.780. The fourth-order valence-electron chi connectivity index (χ4n) is 2.33. The molecular formula is C14H23N3OS. The summed E-state index contributed by atoms with van der Waals surface area (Å²) in [6, 6.07) is 4.31. The molecule has 1 aromatic heterocycles. The van der Waals surface area contributed by atoms with E-state index in [2.05, 4.69) is 49.2 Å². The quantitative estimate of drug-likeness (QED) is 0.788. The first-order chi connectivity index (χ1) is 9.10. The van der Waals surface area contributed by atoms with Gasteiger partial charge in [0.1, 0.15) is 0 Å². The molecule has 0 unspecified atom stereocenters. The number of pyridine rings is 1. The van der Waals surface area contributed by atoms with Crippen molar-refractivity contribution in [3.63, 3.8) is 0 Å². The van der Waals surface area contributed by atoms with Crippen molar-refractivity contribution in [3.8, 4) is 0 Å². The maximum Gasteiger partial charge on any atom is 0.0962 e. The van der Waals surface area contributed by atoms with Gasteiger partial charge in [-0.15, -0.1) is 11.8 Å². The van der Waals surface area contributed by atoms with Gasteiger partial charge in [0, 0.05) is 19.6 Å². The van der Waals surface area contributed by atoms with E-state index in [9.17, 15) is 0 Å². The normalized spacial score (nSPS) is 20.1. The number of thioether (sulfide) groups is 1. The molecule has 4 nitrogen and oxygen atoms in total. The molecule has 1 fully saturated rings. The van der Waals surface area contributed by atoms with E-state index in [-0.39, 0.29) is 0 Å². The molecule has 0 amide bonds. The van der Waals surface area contributed by atoms with Gasteiger partial charge in [-0.1, -0.05) is 0 Å². The number of hydrogen-bond donors (Lipinski definition) is 0. The first-order valence-electron chi connectivity index (χ1n) is 6.65. The van der Waals surface area contributed by atoms with Crippen LogP contribution < -0.4 is 4.90 Å². The lowest BCUT2D eigenvalue weighted by molar-refractivity contribution is 0.0531.